The summed E-state index contributed by atoms with van der Waals surface area (Å²) in [7, 11) is 0. The standard InChI is InChI=1S/C16H14ClN3O/c17-13-7-4-8-14(19)15(13)16(21)20(10-9-18)11-12-5-2-1-3-6-12/h1-8H,10-11,19H2. The lowest BCUT2D eigenvalue weighted by molar-refractivity contribution is 0.0766. The Morgan fingerprint density at radius 3 is 2.52 bits per heavy atom. The number of anilines is 1. The van der Waals surface area contributed by atoms with E-state index in [1.54, 1.807) is 18.2 Å². The highest BCUT2D eigenvalue weighted by atomic mass is 35.5. The Bertz CT molecular complexity index is 659. The number of hydrogen-bond donors (Lipinski definition) is 1. The van der Waals surface area contributed by atoms with Crippen molar-refractivity contribution in [1.82, 2.24) is 4.90 Å². The zero-order valence-corrected chi connectivity index (χ0v) is 12.0. The van der Waals surface area contributed by atoms with E-state index in [-0.39, 0.29) is 23.0 Å². The minimum atomic E-state index is -0.344. The summed E-state index contributed by atoms with van der Waals surface area (Å²) in [4.78, 5) is 14.0. The van der Waals surface area contributed by atoms with Crippen LogP contribution in [0.2, 0.25) is 5.02 Å². The summed E-state index contributed by atoms with van der Waals surface area (Å²) >= 11 is 6.06. The topological polar surface area (TPSA) is 70.1 Å². The molecule has 5 heteroatoms. The van der Waals surface area contributed by atoms with Crippen LogP contribution in [0.25, 0.3) is 0 Å². The molecule has 0 saturated carbocycles. The Hall–Kier alpha value is -2.51. The van der Waals surface area contributed by atoms with Crippen LogP contribution in [-0.4, -0.2) is 17.4 Å². The lowest BCUT2D eigenvalue weighted by atomic mass is 10.1. The first-order valence-electron chi connectivity index (χ1n) is 6.37. The van der Waals surface area contributed by atoms with E-state index in [0.29, 0.717) is 12.2 Å². The van der Waals surface area contributed by atoms with Gasteiger partial charge in [0.25, 0.3) is 5.91 Å². The Balaban J connectivity index is 2.30. The number of carbonyl (C=O) groups excluding carboxylic acids is 1. The summed E-state index contributed by atoms with van der Waals surface area (Å²) in [6, 6.07) is 16.4. The molecule has 0 unspecified atom stereocenters. The Labute approximate surface area is 128 Å². The third kappa shape index (κ3) is 3.53. The van der Waals surface area contributed by atoms with Crippen LogP contribution in [0, 0.1) is 11.3 Å². The number of carbonyl (C=O) groups is 1. The molecule has 21 heavy (non-hydrogen) atoms. The second-order valence-electron chi connectivity index (χ2n) is 4.51. The van der Waals surface area contributed by atoms with Gasteiger partial charge in [0.05, 0.1) is 16.7 Å². The van der Waals surface area contributed by atoms with Crippen molar-refractivity contribution in [3.05, 3.63) is 64.7 Å². The van der Waals surface area contributed by atoms with Gasteiger partial charge in [0.15, 0.2) is 0 Å². The molecule has 1 amide bonds. The van der Waals surface area contributed by atoms with Crippen molar-refractivity contribution < 1.29 is 4.79 Å². The first kappa shape index (κ1) is 14.9. The van der Waals surface area contributed by atoms with Gasteiger partial charge in [-0.1, -0.05) is 48.0 Å². The predicted molar refractivity (Wildman–Crippen MR) is 82.7 cm³/mol. The first-order valence-corrected chi connectivity index (χ1v) is 6.75. The number of benzene rings is 2. The molecule has 2 rings (SSSR count). The minimum Gasteiger partial charge on any atom is -0.398 e. The SMILES string of the molecule is N#CCN(Cc1ccccc1)C(=O)c1c(N)cccc1Cl. The number of nitrogens with two attached hydrogens (primary N) is 1. The predicted octanol–water partition coefficient (Wildman–Crippen LogP) is 3.09. The van der Waals surface area contributed by atoms with Crippen LogP contribution in [0.5, 0.6) is 0 Å². The van der Waals surface area contributed by atoms with E-state index in [1.807, 2.05) is 36.4 Å². The number of rotatable bonds is 4. The van der Waals surface area contributed by atoms with Crippen LogP contribution in [0.4, 0.5) is 5.69 Å². The smallest absolute Gasteiger partial charge is 0.258 e. The second-order valence-corrected chi connectivity index (χ2v) is 4.92. The molecular formula is C16H14ClN3O. The molecule has 0 aliphatic carbocycles. The van der Waals surface area contributed by atoms with Crippen LogP contribution >= 0.6 is 11.6 Å². The van der Waals surface area contributed by atoms with Gasteiger partial charge in [-0.2, -0.15) is 5.26 Å². The molecule has 0 radical (unpaired) electrons. The van der Waals surface area contributed by atoms with Crippen molar-refractivity contribution in [2.75, 3.05) is 12.3 Å². The fraction of sp³-hybridized carbons (Fsp3) is 0.125. The quantitative estimate of drug-likeness (QED) is 0.696. The lowest BCUT2D eigenvalue weighted by Gasteiger charge is -2.21. The third-order valence-corrected chi connectivity index (χ3v) is 3.34. The van der Waals surface area contributed by atoms with Crippen molar-refractivity contribution >= 4 is 23.2 Å². The van der Waals surface area contributed by atoms with Gasteiger partial charge in [-0.15, -0.1) is 0 Å². The maximum Gasteiger partial charge on any atom is 0.258 e. The molecule has 0 fully saturated rings. The molecule has 0 aliphatic heterocycles. The number of halogens is 1. The molecule has 0 aromatic heterocycles. The van der Waals surface area contributed by atoms with E-state index in [0.717, 1.165) is 5.56 Å². The average molecular weight is 300 g/mol. The molecular weight excluding hydrogens is 286 g/mol. The van der Waals surface area contributed by atoms with Crippen molar-refractivity contribution in [3.8, 4) is 6.07 Å². The van der Waals surface area contributed by atoms with Gasteiger partial charge in [-0.05, 0) is 17.7 Å². The van der Waals surface area contributed by atoms with E-state index in [2.05, 4.69) is 0 Å². The summed E-state index contributed by atoms with van der Waals surface area (Å²) in [6.07, 6.45) is 0. The molecule has 0 heterocycles. The summed E-state index contributed by atoms with van der Waals surface area (Å²) in [6.45, 7) is 0.302. The molecule has 0 aliphatic rings. The Morgan fingerprint density at radius 2 is 1.90 bits per heavy atom. The van der Waals surface area contributed by atoms with Gasteiger partial charge in [-0.3, -0.25) is 4.79 Å². The fourth-order valence-electron chi connectivity index (χ4n) is 2.01. The second kappa shape index (κ2) is 6.78. The highest BCUT2D eigenvalue weighted by Gasteiger charge is 2.20. The van der Waals surface area contributed by atoms with Gasteiger partial charge in [0.2, 0.25) is 0 Å². The molecule has 0 saturated heterocycles. The molecule has 2 aromatic rings. The Kier molecular flexibility index (Phi) is 4.81. The van der Waals surface area contributed by atoms with Gasteiger partial charge < -0.3 is 10.6 Å². The van der Waals surface area contributed by atoms with E-state index in [4.69, 9.17) is 22.6 Å². The maximum atomic E-state index is 12.6. The minimum absolute atomic E-state index is 0.0294. The summed E-state index contributed by atoms with van der Waals surface area (Å²) in [5, 5.41) is 9.23. The zero-order chi connectivity index (χ0) is 15.2. The van der Waals surface area contributed by atoms with Crippen molar-refractivity contribution in [2.24, 2.45) is 0 Å². The highest BCUT2D eigenvalue weighted by Crippen LogP contribution is 2.24. The summed E-state index contributed by atoms with van der Waals surface area (Å²) < 4.78 is 0. The Morgan fingerprint density at radius 1 is 1.19 bits per heavy atom. The largest absolute Gasteiger partial charge is 0.398 e. The highest BCUT2D eigenvalue weighted by molar-refractivity contribution is 6.34. The van der Waals surface area contributed by atoms with E-state index in [9.17, 15) is 4.79 Å². The van der Waals surface area contributed by atoms with E-state index >= 15 is 0 Å². The van der Waals surface area contributed by atoms with Crippen molar-refractivity contribution in [3.63, 3.8) is 0 Å². The van der Waals surface area contributed by atoms with Crippen LogP contribution < -0.4 is 5.73 Å². The van der Waals surface area contributed by atoms with Crippen LogP contribution in [-0.2, 0) is 6.54 Å². The molecule has 0 spiro atoms. The number of nitrogen functional groups attached to an aromatic ring is 1. The molecule has 2 aromatic carbocycles. The number of amides is 1. The van der Waals surface area contributed by atoms with Crippen LogP contribution in [0.3, 0.4) is 0 Å². The summed E-state index contributed by atoms with van der Waals surface area (Å²) in [5.74, 6) is -0.344. The van der Waals surface area contributed by atoms with Crippen LogP contribution in [0.15, 0.2) is 48.5 Å². The summed E-state index contributed by atoms with van der Waals surface area (Å²) in [5.41, 5.74) is 7.32. The zero-order valence-electron chi connectivity index (χ0n) is 11.3. The monoisotopic (exact) mass is 299 g/mol. The molecule has 4 nitrogen and oxygen atoms in total. The third-order valence-electron chi connectivity index (χ3n) is 3.02. The van der Waals surface area contributed by atoms with Gasteiger partial charge >= 0.3 is 0 Å². The normalized spacial score (nSPS) is 9.90. The van der Waals surface area contributed by atoms with Crippen LogP contribution in [0.1, 0.15) is 15.9 Å². The van der Waals surface area contributed by atoms with E-state index < -0.39 is 0 Å². The number of hydrogen-bond acceptors (Lipinski definition) is 3. The first-order chi connectivity index (χ1) is 10.1. The molecule has 2 N–H and O–H groups in total. The average Bonchev–Trinajstić information content (AvgIpc) is 2.47. The van der Waals surface area contributed by atoms with Gasteiger partial charge in [-0.25, -0.2) is 0 Å². The number of nitriles is 1. The van der Waals surface area contributed by atoms with Gasteiger partial charge in [0.1, 0.15) is 6.54 Å². The van der Waals surface area contributed by atoms with Crippen molar-refractivity contribution in [1.29, 1.82) is 5.26 Å². The molecule has 0 atom stereocenters. The fourth-order valence-corrected chi connectivity index (χ4v) is 2.28. The molecule has 0 bridgehead atoms. The maximum absolute atomic E-state index is 12.6. The molecule has 106 valence electrons. The van der Waals surface area contributed by atoms with Gasteiger partial charge in [0, 0.05) is 12.2 Å². The van der Waals surface area contributed by atoms with E-state index in [1.165, 1.54) is 4.90 Å². The number of nitrogens with zero attached hydrogens (tertiary/aromatic N) is 2. The van der Waals surface area contributed by atoms with Crippen molar-refractivity contribution in [2.45, 2.75) is 6.54 Å². The lowest BCUT2D eigenvalue weighted by Crippen LogP contribution is -2.31.